The topological polar surface area (TPSA) is 61.7 Å². The Hall–Kier alpha value is -1.33. The largest absolute Gasteiger partial charge is 0.327 e. The van der Waals surface area contributed by atoms with Crippen molar-refractivity contribution >= 4 is 11.6 Å². The highest BCUT2D eigenvalue weighted by Crippen LogP contribution is 2.22. The first-order chi connectivity index (χ1) is 9.85. The van der Waals surface area contributed by atoms with Gasteiger partial charge in [0, 0.05) is 24.3 Å². The Morgan fingerprint density at radius 3 is 2.29 bits per heavy atom. The maximum absolute atomic E-state index is 6.31. The number of hydrogen-bond donors (Lipinski definition) is 1. The Kier molecular flexibility index (Phi) is 4.74. The quantitative estimate of drug-likeness (QED) is 0.923. The van der Waals surface area contributed by atoms with Crippen molar-refractivity contribution in [2.75, 3.05) is 0 Å². The highest BCUT2D eigenvalue weighted by molar-refractivity contribution is 6.30. The number of aryl methyl sites for hydroxylation is 3. The third kappa shape index (κ3) is 3.14. The van der Waals surface area contributed by atoms with Crippen molar-refractivity contribution in [1.82, 2.24) is 19.6 Å². The van der Waals surface area contributed by atoms with Gasteiger partial charge in [0.2, 0.25) is 0 Å². The molecule has 0 saturated heterocycles. The molecular formula is C15H24ClN5. The zero-order chi connectivity index (χ0) is 15.7. The van der Waals surface area contributed by atoms with Gasteiger partial charge in [-0.15, -0.1) is 0 Å². The highest BCUT2D eigenvalue weighted by atomic mass is 35.5. The second-order valence-electron chi connectivity index (χ2n) is 5.66. The van der Waals surface area contributed by atoms with E-state index in [1.807, 2.05) is 25.6 Å². The van der Waals surface area contributed by atoms with Gasteiger partial charge in [-0.1, -0.05) is 18.5 Å². The van der Waals surface area contributed by atoms with Crippen LogP contribution < -0.4 is 5.73 Å². The minimum Gasteiger partial charge on any atom is -0.327 e. The third-order valence-electron chi connectivity index (χ3n) is 4.10. The normalized spacial score (nSPS) is 12.9. The van der Waals surface area contributed by atoms with Crippen LogP contribution in [-0.2, 0) is 20.0 Å². The second-order valence-corrected chi connectivity index (χ2v) is 6.02. The zero-order valence-electron chi connectivity index (χ0n) is 13.4. The summed E-state index contributed by atoms with van der Waals surface area (Å²) in [5.41, 5.74) is 11.5. The van der Waals surface area contributed by atoms with E-state index in [4.69, 9.17) is 17.3 Å². The first-order valence-corrected chi connectivity index (χ1v) is 7.69. The summed E-state index contributed by atoms with van der Waals surface area (Å²) in [6, 6.07) is 0.184. The lowest BCUT2D eigenvalue weighted by molar-refractivity contribution is 0.635. The van der Waals surface area contributed by atoms with Crippen molar-refractivity contribution in [3.8, 4) is 0 Å². The van der Waals surface area contributed by atoms with Crippen LogP contribution in [0.3, 0.4) is 0 Å². The molecule has 21 heavy (non-hydrogen) atoms. The Labute approximate surface area is 131 Å². The van der Waals surface area contributed by atoms with Crippen molar-refractivity contribution in [2.45, 2.75) is 53.1 Å². The first-order valence-electron chi connectivity index (χ1n) is 7.31. The molecule has 116 valence electrons. The van der Waals surface area contributed by atoms with Gasteiger partial charge in [-0.05, 0) is 39.2 Å². The standard InChI is InChI=1S/C15H24ClN5/c1-6-12(17)7-13-9(2)19-21(11(13)4)8-14-10(3)18-20(5)15(14)16/h12H,6-8,17H2,1-5H3. The van der Waals surface area contributed by atoms with E-state index in [1.54, 1.807) is 4.68 Å². The first kappa shape index (κ1) is 16.0. The van der Waals surface area contributed by atoms with E-state index in [0.717, 1.165) is 35.5 Å². The van der Waals surface area contributed by atoms with Crippen LogP contribution in [0.25, 0.3) is 0 Å². The van der Waals surface area contributed by atoms with Crippen molar-refractivity contribution in [3.05, 3.63) is 33.4 Å². The minimum absolute atomic E-state index is 0.184. The van der Waals surface area contributed by atoms with Crippen LogP contribution in [0.5, 0.6) is 0 Å². The van der Waals surface area contributed by atoms with E-state index < -0.39 is 0 Å². The smallest absolute Gasteiger partial charge is 0.132 e. The lowest BCUT2D eigenvalue weighted by Gasteiger charge is -2.09. The van der Waals surface area contributed by atoms with Crippen molar-refractivity contribution < 1.29 is 0 Å². The third-order valence-corrected chi connectivity index (χ3v) is 4.57. The van der Waals surface area contributed by atoms with Gasteiger partial charge in [0.1, 0.15) is 5.15 Å². The Morgan fingerprint density at radius 2 is 1.76 bits per heavy atom. The van der Waals surface area contributed by atoms with Gasteiger partial charge in [0.15, 0.2) is 0 Å². The van der Waals surface area contributed by atoms with Crippen molar-refractivity contribution in [3.63, 3.8) is 0 Å². The summed E-state index contributed by atoms with van der Waals surface area (Å²) in [4.78, 5) is 0. The highest BCUT2D eigenvalue weighted by Gasteiger charge is 2.17. The van der Waals surface area contributed by atoms with E-state index >= 15 is 0 Å². The number of halogens is 1. The molecule has 0 saturated carbocycles. The summed E-state index contributed by atoms with van der Waals surface area (Å²) in [5, 5.41) is 9.67. The van der Waals surface area contributed by atoms with E-state index in [-0.39, 0.29) is 6.04 Å². The number of aromatic nitrogens is 4. The SMILES string of the molecule is CCC(N)Cc1c(C)nn(Cc2c(C)nn(C)c2Cl)c1C. The molecule has 2 N–H and O–H groups in total. The van der Waals surface area contributed by atoms with E-state index in [2.05, 4.69) is 24.0 Å². The van der Waals surface area contributed by atoms with Gasteiger partial charge in [-0.3, -0.25) is 9.36 Å². The van der Waals surface area contributed by atoms with Gasteiger partial charge in [-0.2, -0.15) is 10.2 Å². The summed E-state index contributed by atoms with van der Waals surface area (Å²) < 4.78 is 3.70. The molecule has 0 aliphatic heterocycles. The average Bonchev–Trinajstić information content (AvgIpc) is 2.83. The van der Waals surface area contributed by atoms with E-state index in [1.165, 1.54) is 5.56 Å². The summed E-state index contributed by atoms with van der Waals surface area (Å²) in [5.74, 6) is 0. The molecule has 1 atom stereocenters. The van der Waals surface area contributed by atoms with Crippen LogP contribution in [0.4, 0.5) is 0 Å². The van der Waals surface area contributed by atoms with Crippen molar-refractivity contribution in [2.24, 2.45) is 12.8 Å². The summed E-state index contributed by atoms with van der Waals surface area (Å²) in [7, 11) is 1.85. The monoisotopic (exact) mass is 309 g/mol. The van der Waals surface area contributed by atoms with Gasteiger partial charge in [0.05, 0.1) is 17.9 Å². The molecule has 0 aliphatic carbocycles. The number of nitrogens with two attached hydrogens (primary N) is 1. The lowest BCUT2D eigenvalue weighted by atomic mass is 10.0. The number of rotatable bonds is 5. The van der Waals surface area contributed by atoms with Crippen LogP contribution >= 0.6 is 11.6 Å². The van der Waals surface area contributed by atoms with E-state index in [9.17, 15) is 0 Å². The van der Waals surface area contributed by atoms with Gasteiger partial charge in [-0.25, -0.2) is 0 Å². The van der Waals surface area contributed by atoms with Gasteiger partial charge in [0.25, 0.3) is 0 Å². The van der Waals surface area contributed by atoms with Crippen LogP contribution in [0.2, 0.25) is 5.15 Å². The Morgan fingerprint density at radius 1 is 1.14 bits per heavy atom. The second kappa shape index (κ2) is 6.20. The van der Waals surface area contributed by atoms with Crippen LogP contribution in [0.1, 0.15) is 41.6 Å². The molecule has 2 aromatic heterocycles. The van der Waals surface area contributed by atoms with Gasteiger partial charge < -0.3 is 5.73 Å². The molecule has 0 spiro atoms. The predicted octanol–water partition coefficient (Wildman–Crippen LogP) is 2.52. The maximum Gasteiger partial charge on any atom is 0.132 e. The Bertz CT molecular complexity index is 641. The molecule has 0 bridgehead atoms. The summed E-state index contributed by atoms with van der Waals surface area (Å²) in [6.45, 7) is 8.86. The number of nitrogens with zero attached hydrogens (tertiary/aromatic N) is 4. The Balaban J connectivity index is 2.31. The van der Waals surface area contributed by atoms with E-state index in [0.29, 0.717) is 11.7 Å². The fourth-order valence-corrected chi connectivity index (χ4v) is 2.83. The number of hydrogen-bond acceptors (Lipinski definition) is 3. The van der Waals surface area contributed by atoms with Crippen LogP contribution in [-0.4, -0.2) is 25.6 Å². The molecule has 0 amide bonds. The molecule has 2 rings (SSSR count). The van der Waals surface area contributed by atoms with Gasteiger partial charge >= 0.3 is 0 Å². The molecule has 0 radical (unpaired) electrons. The average molecular weight is 310 g/mol. The van der Waals surface area contributed by atoms with Crippen molar-refractivity contribution in [1.29, 1.82) is 0 Å². The molecule has 2 heterocycles. The summed E-state index contributed by atoms with van der Waals surface area (Å²) >= 11 is 6.31. The molecule has 5 nitrogen and oxygen atoms in total. The molecule has 0 aliphatic rings. The molecule has 2 aromatic rings. The molecule has 1 unspecified atom stereocenters. The minimum atomic E-state index is 0.184. The summed E-state index contributed by atoms with van der Waals surface area (Å²) in [6.07, 6.45) is 1.84. The molecular weight excluding hydrogens is 286 g/mol. The fraction of sp³-hybridized carbons (Fsp3) is 0.600. The van der Waals surface area contributed by atoms with Crippen LogP contribution in [0.15, 0.2) is 0 Å². The maximum atomic E-state index is 6.31. The predicted molar refractivity (Wildman–Crippen MR) is 85.7 cm³/mol. The molecule has 0 fully saturated rings. The molecule has 0 aromatic carbocycles. The molecule has 6 heteroatoms. The van der Waals surface area contributed by atoms with Crippen LogP contribution in [0, 0.1) is 20.8 Å². The lowest BCUT2D eigenvalue weighted by Crippen LogP contribution is -2.22. The zero-order valence-corrected chi connectivity index (χ0v) is 14.2. The fourth-order valence-electron chi connectivity index (χ4n) is 2.59.